The summed E-state index contributed by atoms with van der Waals surface area (Å²) in [6.07, 6.45) is -0.403. The Morgan fingerprint density at radius 1 is 1.47 bits per heavy atom. The minimum atomic E-state index is -0.777. The molecule has 0 aliphatic carbocycles. The fourth-order valence-electron chi connectivity index (χ4n) is 1.81. The third-order valence-corrected chi connectivity index (χ3v) is 2.69. The highest BCUT2D eigenvalue weighted by Crippen LogP contribution is 2.33. The zero-order valence-corrected chi connectivity index (χ0v) is 9.55. The van der Waals surface area contributed by atoms with Gasteiger partial charge in [-0.3, -0.25) is 9.59 Å². The molecule has 2 N–H and O–H groups in total. The number of carbonyl (C=O) groups excluding carboxylic acids is 2. The van der Waals surface area contributed by atoms with Gasteiger partial charge in [-0.2, -0.15) is 0 Å². The summed E-state index contributed by atoms with van der Waals surface area (Å²) in [5.41, 5.74) is 5.92. The number of anilines is 1. The molecule has 90 valence electrons. The number of carbonyl (C=O) groups is 2. The van der Waals surface area contributed by atoms with Gasteiger partial charge in [0, 0.05) is 6.42 Å². The summed E-state index contributed by atoms with van der Waals surface area (Å²) in [4.78, 5) is 24.5. The third-order valence-electron chi connectivity index (χ3n) is 2.69. The number of fused-ring (bicyclic) bond motifs is 1. The van der Waals surface area contributed by atoms with Gasteiger partial charge >= 0.3 is 0 Å². The number of para-hydroxylation sites is 2. The molecule has 1 aromatic carbocycles. The topological polar surface area (TPSA) is 72.6 Å². The molecule has 5 nitrogen and oxygen atoms in total. The highest BCUT2D eigenvalue weighted by atomic mass is 16.5. The first kappa shape index (κ1) is 11.4. The summed E-state index contributed by atoms with van der Waals surface area (Å²) in [7, 11) is 0. The monoisotopic (exact) mass is 234 g/mol. The van der Waals surface area contributed by atoms with E-state index in [4.69, 9.17) is 10.5 Å². The molecule has 2 rings (SSSR count). The summed E-state index contributed by atoms with van der Waals surface area (Å²) in [5.74, 6) is -0.0928. The Bertz CT molecular complexity index is 459. The van der Waals surface area contributed by atoms with Gasteiger partial charge in [0.05, 0.1) is 12.2 Å². The second-order valence-corrected chi connectivity index (χ2v) is 3.83. The molecule has 2 amide bonds. The molecule has 1 heterocycles. The molecule has 1 aliphatic rings. The second-order valence-electron chi connectivity index (χ2n) is 3.83. The molecule has 1 atom stereocenters. The zero-order chi connectivity index (χ0) is 12.4. The van der Waals surface area contributed by atoms with E-state index in [2.05, 4.69) is 0 Å². The molecule has 17 heavy (non-hydrogen) atoms. The standard InChI is InChI=1S/C12H14N2O3/c1-2-11(15)14-7-10(12(13)16)17-9-6-4-3-5-8(9)14/h3-6,10H,2,7H2,1H3,(H2,13,16)/t10-/m1/s1. The molecule has 0 aromatic heterocycles. The van der Waals surface area contributed by atoms with Gasteiger partial charge in [0.15, 0.2) is 6.10 Å². The van der Waals surface area contributed by atoms with E-state index in [-0.39, 0.29) is 12.5 Å². The first-order valence-corrected chi connectivity index (χ1v) is 5.49. The maximum absolute atomic E-state index is 11.8. The van der Waals surface area contributed by atoms with E-state index < -0.39 is 12.0 Å². The van der Waals surface area contributed by atoms with Crippen molar-refractivity contribution in [1.82, 2.24) is 0 Å². The van der Waals surface area contributed by atoms with Gasteiger partial charge < -0.3 is 15.4 Å². The number of primary amides is 1. The van der Waals surface area contributed by atoms with Crippen LogP contribution in [-0.4, -0.2) is 24.5 Å². The van der Waals surface area contributed by atoms with E-state index in [1.807, 2.05) is 6.07 Å². The Morgan fingerprint density at radius 2 is 2.18 bits per heavy atom. The van der Waals surface area contributed by atoms with E-state index >= 15 is 0 Å². The summed E-state index contributed by atoms with van der Waals surface area (Å²) in [6.45, 7) is 1.96. The first-order valence-electron chi connectivity index (χ1n) is 5.49. The van der Waals surface area contributed by atoms with Crippen molar-refractivity contribution in [2.24, 2.45) is 5.73 Å². The maximum atomic E-state index is 11.8. The quantitative estimate of drug-likeness (QED) is 0.817. The van der Waals surface area contributed by atoms with Crippen LogP contribution in [0, 0.1) is 0 Å². The average Bonchev–Trinajstić information content (AvgIpc) is 2.36. The van der Waals surface area contributed by atoms with Crippen LogP contribution in [0.1, 0.15) is 13.3 Å². The molecule has 1 aliphatic heterocycles. The van der Waals surface area contributed by atoms with E-state index in [1.165, 1.54) is 0 Å². The lowest BCUT2D eigenvalue weighted by molar-refractivity contribution is -0.125. The smallest absolute Gasteiger partial charge is 0.260 e. The van der Waals surface area contributed by atoms with E-state index in [1.54, 1.807) is 30.0 Å². The minimum Gasteiger partial charge on any atom is -0.477 e. The van der Waals surface area contributed by atoms with Crippen LogP contribution >= 0.6 is 0 Å². The molecular weight excluding hydrogens is 220 g/mol. The highest BCUT2D eigenvalue weighted by molar-refractivity contribution is 5.96. The molecule has 0 fully saturated rings. The lowest BCUT2D eigenvalue weighted by atomic mass is 10.1. The van der Waals surface area contributed by atoms with Crippen LogP contribution in [-0.2, 0) is 9.59 Å². The summed E-state index contributed by atoms with van der Waals surface area (Å²) < 4.78 is 5.45. The molecule has 0 saturated heterocycles. The maximum Gasteiger partial charge on any atom is 0.260 e. The summed E-state index contributed by atoms with van der Waals surface area (Å²) in [5, 5.41) is 0. The second kappa shape index (κ2) is 4.45. The van der Waals surface area contributed by atoms with Crippen molar-refractivity contribution in [2.75, 3.05) is 11.4 Å². The zero-order valence-electron chi connectivity index (χ0n) is 9.55. The van der Waals surface area contributed by atoms with E-state index in [0.717, 1.165) is 0 Å². The van der Waals surface area contributed by atoms with Gasteiger partial charge in [0.2, 0.25) is 5.91 Å². The van der Waals surface area contributed by atoms with Crippen molar-refractivity contribution in [2.45, 2.75) is 19.4 Å². The van der Waals surface area contributed by atoms with Gasteiger partial charge in [-0.05, 0) is 12.1 Å². The predicted molar refractivity (Wildman–Crippen MR) is 62.7 cm³/mol. The normalized spacial score (nSPS) is 18.2. The summed E-state index contributed by atoms with van der Waals surface area (Å²) in [6, 6.07) is 7.13. The largest absolute Gasteiger partial charge is 0.477 e. The number of nitrogens with two attached hydrogens (primary N) is 1. The molecule has 0 bridgehead atoms. The Hall–Kier alpha value is -2.04. The van der Waals surface area contributed by atoms with Crippen LogP contribution in [0.15, 0.2) is 24.3 Å². The van der Waals surface area contributed by atoms with Crippen molar-refractivity contribution in [1.29, 1.82) is 0 Å². The highest BCUT2D eigenvalue weighted by Gasteiger charge is 2.31. The SMILES string of the molecule is CCC(=O)N1C[C@H](C(N)=O)Oc2ccccc21. The first-order chi connectivity index (χ1) is 8.13. The Morgan fingerprint density at radius 3 is 2.82 bits per heavy atom. The molecule has 0 spiro atoms. The molecule has 0 saturated carbocycles. The molecule has 0 radical (unpaired) electrons. The number of nitrogens with zero attached hydrogens (tertiary/aromatic N) is 1. The van der Waals surface area contributed by atoms with Crippen LogP contribution in [0.25, 0.3) is 0 Å². The van der Waals surface area contributed by atoms with Gasteiger partial charge in [0.25, 0.3) is 5.91 Å². The Balaban J connectivity index is 2.39. The van der Waals surface area contributed by atoms with Crippen LogP contribution in [0.4, 0.5) is 5.69 Å². The predicted octanol–water partition coefficient (Wildman–Crippen LogP) is 0.676. The number of hydrogen-bond acceptors (Lipinski definition) is 3. The van der Waals surface area contributed by atoms with Gasteiger partial charge in [-0.15, -0.1) is 0 Å². The van der Waals surface area contributed by atoms with E-state index in [9.17, 15) is 9.59 Å². The Labute approximate surface area is 99.2 Å². The average molecular weight is 234 g/mol. The van der Waals surface area contributed by atoms with Crippen molar-refractivity contribution >= 4 is 17.5 Å². The van der Waals surface area contributed by atoms with Gasteiger partial charge in [-0.25, -0.2) is 0 Å². The Kier molecular flexibility index (Phi) is 2.99. The van der Waals surface area contributed by atoms with Gasteiger partial charge in [0.1, 0.15) is 5.75 Å². The van der Waals surface area contributed by atoms with Crippen LogP contribution in [0.2, 0.25) is 0 Å². The van der Waals surface area contributed by atoms with Crippen LogP contribution in [0.5, 0.6) is 5.75 Å². The molecular formula is C12H14N2O3. The fourth-order valence-corrected chi connectivity index (χ4v) is 1.81. The van der Waals surface area contributed by atoms with Crippen molar-refractivity contribution < 1.29 is 14.3 Å². The van der Waals surface area contributed by atoms with E-state index in [0.29, 0.717) is 17.9 Å². The number of benzene rings is 1. The number of rotatable bonds is 2. The van der Waals surface area contributed by atoms with Crippen molar-refractivity contribution in [3.63, 3.8) is 0 Å². The number of hydrogen-bond donors (Lipinski definition) is 1. The lowest BCUT2D eigenvalue weighted by Gasteiger charge is -2.33. The lowest BCUT2D eigenvalue weighted by Crippen LogP contribution is -2.49. The molecule has 5 heteroatoms. The number of amides is 2. The van der Waals surface area contributed by atoms with Crippen LogP contribution in [0.3, 0.4) is 0 Å². The fraction of sp³-hybridized carbons (Fsp3) is 0.333. The third kappa shape index (κ3) is 2.08. The van der Waals surface area contributed by atoms with Crippen LogP contribution < -0.4 is 15.4 Å². The number of ether oxygens (including phenoxy) is 1. The summed E-state index contributed by atoms with van der Waals surface area (Å²) >= 11 is 0. The minimum absolute atomic E-state index is 0.0491. The van der Waals surface area contributed by atoms with Gasteiger partial charge in [-0.1, -0.05) is 19.1 Å². The molecule has 1 aromatic rings. The van der Waals surface area contributed by atoms with Crippen molar-refractivity contribution in [3.8, 4) is 5.75 Å². The van der Waals surface area contributed by atoms with Crippen molar-refractivity contribution in [3.05, 3.63) is 24.3 Å². The molecule has 0 unspecified atom stereocenters.